The van der Waals surface area contributed by atoms with Crippen LogP contribution in [0.5, 0.6) is 0 Å². The Morgan fingerprint density at radius 3 is 2.25 bits per heavy atom. The van der Waals surface area contributed by atoms with Crippen LogP contribution in [0.2, 0.25) is 0 Å². The number of aromatic nitrogens is 2. The summed E-state index contributed by atoms with van der Waals surface area (Å²) in [4.78, 5) is 20.4. The minimum absolute atomic E-state index is 0.0331. The van der Waals surface area contributed by atoms with Gasteiger partial charge in [0, 0.05) is 10.8 Å². The van der Waals surface area contributed by atoms with Crippen molar-refractivity contribution in [3.8, 4) is 0 Å². The molecule has 1 aromatic carbocycles. The highest BCUT2D eigenvalue weighted by atomic mass is 16.4. The van der Waals surface area contributed by atoms with Gasteiger partial charge in [-0.05, 0) is 36.6 Å². The van der Waals surface area contributed by atoms with Gasteiger partial charge in [-0.2, -0.15) is 0 Å². The van der Waals surface area contributed by atoms with Crippen molar-refractivity contribution in [3.63, 3.8) is 0 Å². The maximum absolute atomic E-state index is 10.9. The normalized spacial score (nSPS) is 18.1. The van der Waals surface area contributed by atoms with Crippen molar-refractivity contribution < 1.29 is 15.1 Å². The van der Waals surface area contributed by atoms with E-state index in [2.05, 4.69) is 37.8 Å². The van der Waals surface area contributed by atoms with Gasteiger partial charge in [0.15, 0.2) is 0 Å². The van der Waals surface area contributed by atoms with Crippen LogP contribution in [0.1, 0.15) is 73.5 Å². The highest BCUT2D eigenvalue weighted by Gasteiger charge is 2.39. The SMILES string of the molecule is CC1(C)CCC(C)(C)c2nc(C(/C=C/c3ccc(C(=O)O)cc3)=N\O)cnc21. The number of allylic oxidation sites excluding steroid dienone is 1. The number of nitrogens with zero attached hydrogens (tertiary/aromatic N) is 3. The molecule has 0 saturated heterocycles. The average molecular weight is 379 g/mol. The smallest absolute Gasteiger partial charge is 0.335 e. The van der Waals surface area contributed by atoms with Gasteiger partial charge in [-0.3, -0.25) is 4.98 Å². The van der Waals surface area contributed by atoms with Crippen molar-refractivity contribution >= 4 is 17.8 Å². The molecular formula is C22H25N3O3. The molecule has 0 fully saturated rings. The molecule has 3 rings (SSSR count). The van der Waals surface area contributed by atoms with E-state index in [1.165, 1.54) is 12.1 Å². The number of carboxylic acids is 1. The molecule has 1 aliphatic rings. The molecule has 1 aromatic heterocycles. The van der Waals surface area contributed by atoms with Crippen LogP contribution in [-0.2, 0) is 10.8 Å². The van der Waals surface area contributed by atoms with Gasteiger partial charge in [0.1, 0.15) is 11.4 Å². The first kappa shape index (κ1) is 19.7. The van der Waals surface area contributed by atoms with Crippen LogP contribution in [0.3, 0.4) is 0 Å². The van der Waals surface area contributed by atoms with E-state index in [0.717, 1.165) is 29.8 Å². The van der Waals surface area contributed by atoms with Gasteiger partial charge >= 0.3 is 5.97 Å². The molecule has 0 amide bonds. The number of rotatable bonds is 4. The van der Waals surface area contributed by atoms with Gasteiger partial charge < -0.3 is 10.3 Å². The van der Waals surface area contributed by atoms with Crippen molar-refractivity contribution in [2.24, 2.45) is 5.16 Å². The standard InChI is InChI=1S/C22H25N3O3/c1-21(2)11-12-22(3,4)19-18(21)23-13-17(24-19)16(25-28)10-7-14-5-8-15(9-6-14)20(26)27/h5-10,13,28H,11-12H2,1-4H3,(H,26,27)/b10-7+,25-16-. The molecule has 146 valence electrons. The van der Waals surface area contributed by atoms with Crippen LogP contribution in [0.25, 0.3) is 6.08 Å². The Hall–Kier alpha value is -3.02. The van der Waals surface area contributed by atoms with E-state index in [1.807, 2.05) is 0 Å². The summed E-state index contributed by atoms with van der Waals surface area (Å²) in [5.41, 5.74) is 3.64. The fraction of sp³-hybridized carbons (Fsp3) is 0.364. The van der Waals surface area contributed by atoms with Crippen molar-refractivity contribution in [2.45, 2.75) is 51.4 Å². The van der Waals surface area contributed by atoms with E-state index in [1.54, 1.807) is 30.5 Å². The molecule has 1 heterocycles. The van der Waals surface area contributed by atoms with Crippen molar-refractivity contribution in [3.05, 3.63) is 64.7 Å². The van der Waals surface area contributed by atoms with Gasteiger partial charge in [0.2, 0.25) is 0 Å². The third-order valence-corrected chi connectivity index (χ3v) is 5.39. The van der Waals surface area contributed by atoms with E-state index >= 15 is 0 Å². The van der Waals surface area contributed by atoms with Crippen molar-refractivity contribution in [1.29, 1.82) is 0 Å². The Kier molecular flexibility index (Phi) is 5.06. The van der Waals surface area contributed by atoms with E-state index in [0.29, 0.717) is 11.4 Å². The Bertz CT molecular complexity index is 957. The molecule has 2 N–H and O–H groups in total. The molecule has 0 atom stereocenters. The number of hydrogen-bond acceptors (Lipinski definition) is 5. The summed E-state index contributed by atoms with van der Waals surface area (Å²) < 4.78 is 0. The summed E-state index contributed by atoms with van der Waals surface area (Å²) in [7, 11) is 0. The van der Waals surface area contributed by atoms with E-state index in [4.69, 9.17) is 10.1 Å². The molecule has 0 bridgehead atoms. The fourth-order valence-corrected chi connectivity index (χ4v) is 3.42. The maximum Gasteiger partial charge on any atom is 0.335 e. The lowest BCUT2D eigenvalue weighted by Gasteiger charge is -2.39. The first-order valence-corrected chi connectivity index (χ1v) is 9.26. The van der Waals surface area contributed by atoms with Gasteiger partial charge in [-0.25, -0.2) is 9.78 Å². The number of carbonyl (C=O) groups is 1. The molecule has 0 saturated carbocycles. The second-order valence-electron chi connectivity index (χ2n) is 8.47. The van der Waals surface area contributed by atoms with Crippen molar-refractivity contribution in [1.82, 2.24) is 9.97 Å². The van der Waals surface area contributed by atoms with Gasteiger partial charge in [0.05, 0.1) is 23.1 Å². The quantitative estimate of drug-likeness (QED) is 0.466. The van der Waals surface area contributed by atoms with Crippen LogP contribution in [0.4, 0.5) is 0 Å². The van der Waals surface area contributed by atoms with Crippen LogP contribution < -0.4 is 0 Å². The topological polar surface area (TPSA) is 95.7 Å². The molecular weight excluding hydrogens is 354 g/mol. The molecule has 0 radical (unpaired) electrons. The minimum atomic E-state index is -0.969. The summed E-state index contributed by atoms with van der Waals surface area (Å²) >= 11 is 0. The summed E-state index contributed by atoms with van der Waals surface area (Å²) in [5, 5.41) is 21.9. The van der Waals surface area contributed by atoms with Crippen LogP contribution in [-0.4, -0.2) is 32.0 Å². The second-order valence-corrected chi connectivity index (χ2v) is 8.47. The zero-order chi connectivity index (χ0) is 20.5. The Balaban J connectivity index is 1.92. The van der Waals surface area contributed by atoms with E-state index < -0.39 is 5.97 Å². The lowest BCUT2D eigenvalue weighted by atomic mass is 9.67. The average Bonchev–Trinajstić information content (AvgIpc) is 2.66. The summed E-state index contributed by atoms with van der Waals surface area (Å²) in [5.74, 6) is -0.969. The number of fused-ring (bicyclic) bond motifs is 1. The third kappa shape index (κ3) is 3.81. The molecule has 6 nitrogen and oxygen atoms in total. The molecule has 0 spiro atoms. The van der Waals surface area contributed by atoms with Gasteiger partial charge in [0.25, 0.3) is 0 Å². The predicted octanol–water partition coefficient (Wildman–Crippen LogP) is 4.42. The fourth-order valence-electron chi connectivity index (χ4n) is 3.42. The van der Waals surface area contributed by atoms with Crippen LogP contribution in [0.15, 0.2) is 41.7 Å². The summed E-state index contributed by atoms with van der Waals surface area (Å²) in [6, 6.07) is 6.44. The first-order valence-electron chi connectivity index (χ1n) is 9.26. The lowest BCUT2D eigenvalue weighted by molar-refractivity contribution is 0.0697. The molecule has 0 aliphatic heterocycles. The molecule has 28 heavy (non-hydrogen) atoms. The first-order chi connectivity index (χ1) is 13.1. The number of aromatic carboxylic acids is 1. The zero-order valence-electron chi connectivity index (χ0n) is 16.6. The van der Waals surface area contributed by atoms with Crippen LogP contribution in [0, 0.1) is 0 Å². The van der Waals surface area contributed by atoms with Crippen LogP contribution >= 0.6 is 0 Å². The summed E-state index contributed by atoms with van der Waals surface area (Å²) in [6.45, 7) is 8.68. The zero-order valence-corrected chi connectivity index (χ0v) is 16.6. The molecule has 0 unspecified atom stereocenters. The number of benzene rings is 1. The molecule has 1 aliphatic carbocycles. The molecule has 2 aromatic rings. The summed E-state index contributed by atoms with van der Waals surface area (Å²) in [6.07, 6.45) is 7.11. The highest BCUT2D eigenvalue weighted by Crippen LogP contribution is 2.43. The predicted molar refractivity (Wildman–Crippen MR) is 108 cm³/mol. The number of hydrogen-bond donors (Lipinski definition) is 2. The largest absolute Gasteiger partial charge is 0.478 e. The van der Waals surface area contributed by atoms with Gasteiger partial charge in [-0.1, -0.05) is 51.1 Å². The second kappa shape index (κ2) is 7.19. The Morgan fingerprint density at radius 1 is 1.07 bits per heavy atom. The highest BCUT2D eigenvalue weighted by molar-refractivity contribution is 6.09. The molecule has 6 heteroatoms. The number of carboxylic acid groups (broad SMARTS) is 1. The lowest BCUT2D eigenvalue weighted by Crippen LogP contribution is -2.36. The Labute approximate surface area is 164 Å². The van der Waals surface area contributed by atoms with Crippen molar-refractivity contribution in [2.75, 3.05) is 0 Å². The Morgan fingerprint density at radius 2 is 1.68 bits per heavy atom. The minimum Gasteiger partial charge on any atom is -0.478 e. The number of oxime groups is 1. The van der Waals surface area contributed by atoms with Gasteiger partial charge in [-0.15, -0.1) is 0 Å². The van der Waals surface area contributed by atoms with E-state index in [-0.39, 0.29) is 16.4 Å². The monoisotopic (exact) mass is 379 g/mol. The maximum atomic E-state index is 10.9. The van der Waals surface area contributed by atoms with E-state index in [9.17, 15) is 10.0 Å². The third-order valence-electron chi connectivity index (χ3n) is 5.39.